The molecule has 1 aliphatic rings. The van der Waals surface area contributed by atoms with Gasteiger partial charge >= 0.3 is 7.71 Å². The topological polar surface area (TPSA) is 18.8 Å². The van der Waals surface area contributed by atoms with E-state index >= 15 is 0 Å². The molecule has 0 atom stereocenters. The van der Waals surface area contributed by atoms with Crippen LogP contribution in [0.3, 0.4) is 0 Å². The monoisotopic (exact) mass is 542 g/mol. The summed E-state index contributed by atoms with van der Waals surface area (Å²) in [5, 5.41) is 2.94. The fraction of sp³-hybridized carbons (Fsp3) is 0.533. The second kappa shape index (κ2) is 11.0. The molecule has 198 valence electrons. The van der Waals surface area contributed by atoms with Gasteiger partial charge < -0.3 is 0 Å². The molecule has 1 heterocycles. The molecule has 0 aliphatic carbocycles. The van der Waals surface area contributed by atoms with Crippen molar-refractivity contribution in [3.8, 4) is 0 Å². The molecule has 36 heavy (non-hydrogen) atoms. The normalized spacial score (nSPS) is 17.8. The molecule has 1 aliphatic heterocycles. The molecular weight excluding hydrogens is 492 g/mol. The molecule has 3 rings (SSSR count). The minimum Gasteiger partial charge on any atom is -0.134 e. The van der Waals surface area contributed by atoms with Crippen molar-refractivity contribution in [2.24, 2.45) is 4.76 Å². The van der Waals surface area contributed by atoms with Gasteiger partial charge in [-0.25, -0.2) is 0 Å². The van der Waals surface area contributed by atoms with Crippen LogP contribution in [0.25, 0.3) is 0 Å². The van der Waals surface area contributed by atoms with E-state index in [0.717, 1.165) is 0 Å². The number of hydrogen-bond acceptors (Lipinski definition) is 3. The third-order valence-corrected chi connectivity index (χ3v) is 24.4. The van der Waals surface area contributed by atoms with Gasteiger partial charge in [0.15, 0.2) is 0 Å². The van der Waals surface area contributed by atoms with Crippen molar-refractivity contribution in [2.45, 2.75) is 106 Å². The van der Waals surface area contributed by atoms with E-state index in [-0.39, 0.29) is 0 Å². The third kappa shape index (κ3) is 4.78. The molecule has 0 N–H and O–H groups in total. The Kier molecular flexibility index (Phi) is 9.02. The van der Waals surface area contributed by atoms with Crippen LogP contribution in [-0.2, 0) is 0 Å². The van der Waals surface area contributed by atoms with Crippen molar-refractivity contribution in [3.63, 3.8) is 0 Å². The lowest BCUT2D eigenvalue weighted by Gasteiger charge is -2.48. The Balaban J connectivity index is 2.75. The highest BCUT2D eigenvalue weighted by Crippen LogP contribution is 2.81. The third-order valence-electron chi connectivity index (χ3n) is 7.09. The molecular formula is C30H50N3P2Si+. The Morgan fingerprint density at radius 1 is 0.639 bits per heavy atom. The van der Waals surface area contributed by atoms with Gasteiger partial charge in [0.2, 0.25) is 0 Å². The van der Waals surface area contributed by atoms with Crippen LogP contribution < -0.4 is 10.6 Å². The first kappa shape index (κ1) is 29.5. The summed E-state index contributed by atoms with van der Waals surface area (Å²) in [6, 6.07) is 24.4. The summed E-state index contributed by atoms with van der Waals surface area (Å²) in [7, 11) is -4.14. The highest BCUT2D eigenvalue weighted by Gasteiger charge is 2.68. The van der Waals surface area contributed by atoms with E-state index < -0.39 is 22.7 Å². The van der Waals surface area contributed by atoms with Gasteiger partial charge in [0.05, 0.1) is 5.45 Å². The zero-order chi connectivity index (χ0) is 27.1. The summed E-state index contributed by atoms with van der Waals surface area (Å²) < 4.78 is 13.6. The summed E-state index contributed by atoms with van der Waals surface area (Å²) >= 11 is 0. The molecule has 0 unspecified atom stereocenters. The van der Waals surface area contributed by atoms with E-state index in [4.69, 9.17) is 4.76 Å². The minimum absolute atomic E-state index is 0.396. The maximum atomic E-state index is 6.09. The molecule has 3 nitrogen and oxygen atoms in total. The summed E-state index contributed by atoms with van der Waals surface area (Å²) in [5.74, 6) is 0. The largest absolute Gasteiger partial charge is 0.302 e. The van der Waals surface area contributed by atoms with E-state index in [9.17, 15) is 0 Å². The zero-order valence-electron chi connectivity index (χ0n) is 24.8. The van der Waals surface area contributed by atoms with E-state index in [2.05, 4.69) is 152 Å². The lowest BCUT2D eigenvalue weighted by atomic mass is 10.3. The van der Waals surface area contributed by atoms with Crippen LogP contribution in [-0.4, -0.2) is 51.7 Å². The minimum atomic E-state index is -2.25. The maximum Gasteiger partial charge on any atom is 0.302 e. The van der Waals surface area contributed by atoms with Crippen molar-refractivity contribution in [1.29, 1.82) is 0 Å². The predicted octanol–water partition coefficient (Wildman–Crippen LogP) is 8.09. The fourth-order valence-corrected chi connectivity index (χ4v) is 27.8. The molecule has 0 aromatic heterocycles. The average Bonchev–Trinajstić information content (AvgIpc) is 3.03. The predicted molar refractivity (Wildman–Crippen MR) is 172 cm³/mol. The Hall–Kier alpha value is -1.02. The number of nitrogens with zero attached hydrogens (tertiary/aromatic N) is 3. The molecule has 0 amide bonds. The Morgan fingerprint density at radius 2 is 0.972 bits per heavy atom. The highest BCUT2D eigenvalue weighted by molar-refractivity contribution is 8.21. The second-order valence-electron chi connectivity index (χ2n) is 12.3. The molecule has 0 bridgehead atoms. The molecule has 6 heteroatoms. The SMILES string of the molecule is CC1=N[P+](N(C(C)C)C(C)C)(N(C(C)C)C(C)C)C([Si](C)(C)C)=P1(c1ccccc1)c1ccccc1. The summed E-state index contributed by atoms with van der Waals surface area (Å²) in [6.07, 6.45) is 0. The van der Waals surface area contributed by atoms with Crippen LogP contribution in [0.2, 0.25) is 19.6 Å². The summed E-state index contributed by atoms with van der Waals surface area (Å²) in [5.41, 5.74) is 1.36. The number of benzene rings is 2. The van der Waals surface area contributed by atoms with Crippen LogP contribution in [0.5, 0.6) is 0 Å². The fourth-order valence-electron chi connectivity index (χ4n) is 6.62. The van der Waals surface area contributed by atoms with Crippen molar-refractivity contribution in [2.75, 3.05) is 0 Å². The molecule has 0 fully saturated rings. The maximum absolute atomic E-state index is 6.09. The van der Waals surface area contributed by atoms with E-state index in [1.54, 1.807) is 0 Å². The van der Waals surface area contributed by atoms with Crippen LogP contribution in [0.15, 0.2) is 65.4 Å². The lowest BCUT2D eigenvalue weighted by molar-refractivity contribution is 0.251. The van der Waals surface area contributed by atoms with Gasteiger partial charge in [0, 0.05) is 31.1 Å². The Bertz CT molecular complexity index is 1040. The summed E-state index contributed by atoms with van der Waals surface area (Å²) in [4.78, 5) is 0. The summed E-state index contributed by atoms with van der Waals surface area (Å²) in [6.45, 7) is 27.1. The first-order chi connectivity index (χ1) is 16.7. The highest BCUT2D eigenvalue weighted by atomic mass is 31.2. The van der Waals surface area contributed by atoms with Gasteiger partial charge in [0.25, 0.3) is 0 Å². The van der Waals surface area contributed by atoms with Gasteiger partial charge in [-0.3, -0.25) is 0 Å². The molecule has 0 saturated heterocycles. The van der Waals surface area contributed by atoms with Gasteiger partial charge in [-0.05, 0) is 72.9 Å². The lowest BCUT2D eigenvalue weighted by Crippen LogP contribution is -2.53. The van der Waals surface area contributed by atoms with E-state index in [0.29, 0.717) is 24.2 Å². The smallest absolute Gasteiger partial charge is 0.134 e. The molecule has 2 aromatic carbocycles. The molecule has 0 radical (unpaired) electrons. The van der Waals surface area contributed by atoms with E-state index in [1.807, 2.05) is 4.66 Å². The number of hydrogen-bond donors (Lipinski definition) is 0. The molecule has 0 saturated carbocycles. The van der Waals surface area contributed by atoms with Crippen molar-refractivity contribution in [3.05, 3.63) is 60.7 Å². The van der Waals surface area contributed by atoms with Gasteiger partial charge in [-0.1, -0.05) is 85.1 Å². The first-order valence-corrected chi connectivity index (χ1v) is 20.6. The number of rotatable bonds is 9. The van der Waals surface area contributed by atoms with E-state index in [1.165, 1.54) is 16.1 Å². The van der Waals surface area contributed by atoms with Crippen molar-refractivity contribution < 1.29 is 0 Å². The molecule has 2 aromatic rings. The average molecular weight is 543 g/mol. The van der Waals surface area contributed by atoms with Gasteiger partial charge in [0.1, 0.15) is 12.7 Å². The Labute approximate surface area is 223 Å². The standard InChI is InChI=1S/C30H50N3P2Si/c1-23(2)32(24(3)4)35(33(25(5)6)26(7)8)30(36(10,11)12)34(27(9)31-35,28-19-15-13-16-20-28)29-21-17-14-18-22-29/h13-26H,1-12H3/q+1. The van der Waals surface area contributed by atoms with Crippen molar-refractivity contribution in [1.82, 2.24) is 9.34 Å². The molecule has 0 spiro atoms. The van der Waals surface area contributed by atoms with Gasteiger partial charge in [-0.15, -0.1) is 9.34 Å². The quantitative estimate of drug-likeness (QED) is 0.236. The van der Waals surface area contributed by atoms with Crippen LogP contribution in [0.4, 0.5) is 0 Å². The van der Waals surface area contributed by atoms with Gasteiger partial charge in [-0.2, -0.15) is 0 Å². The second-order valence-corrected chi connectivity index (χ2v) is 24.6. The zero-order valence-corrected chi connectivity index (χ0v) is 27.6. The van der Waals surface area contributed by atoms with Crippen molar-refractivity contribution >= 4 is 43.4 Å². The van der Waals surface area contributed by atoms with Crippen LogP contribution >= 0.6 is 14.6 Å². The first-order valence-electron chi connectivity index (χ1n) is 13.7. The van der Waals surface area contributed by atoms with Crippen LogP contribution in [0, 0.1) is 0 Å². The van der Waals surface area contributed by atoms with Crippen LogP contribution in [0.1, 0.15) is 62.3 Å². The Morgan fingerprint density at radius 3 is 1.25 bits per heavy atom.